The number of ether oxygens (including phenoxy) is 6. The number of unbranched alkanes of at least 4 members (excludes halogenated alkanes) is 33. The smallest absolute Gasteiger partial charge is 0.220 e. The van der Waals surface area contributed by atoms with Crippen LogP contribution < -0.4 is 5.32 Å². The predicted molar refractivity (Wildman–Crippen MR) is 365 cm³/mol. The fourth-order valence-corrected chi connectivity index (χ4v) is 12.3. The van der Waals surface area contributed by atoms with Gasteiger partial charge in [-0.05, 0) is 77.0 Å². The van der Waals surface area contributed by atoms with Crippen LogP contribution in [-0.2, 0) is 33.2 Å². The lowest BCUT2D eigenvalue weighted by Crippen LogP contribution is -2.66. The first-order chi connectivity index (χ1) is 45.3. The van der Waals surface area contributed by atoms with Crippen LogP contribution in [-0.4, -0.2) is 193 Å². The lowest BCUT2D eigenvalue weighted by molar-refractivity contribution is -0.379. The van der Waals surface area contributed by atoms with E-state index in [1.54, 1.807) is 6.08 Å². The van der Waals surface area contributed by atoms with Crippen molar-refractivity contribution in [3.63, 3.8) is 0 Å². The number of aliphatic hydroxyl groups excluding tert-OH is 11. The molecule has 0 aliphatic carbocycles. The van der Waals surface area contributed by atoms with E-state index < -0.39 is 124 Å². The Hall–Kier alpha value is -2.51. The Bertz CT molecular complexity index is 1920. The van der Waals surface area contributed by atoms with Crippen LogP contribution in [0.4, 0.5) is 0 Å². The highest BCUT2D eigenvalue weighted by atomic mass is 16.8. The van der Waals surface area contributed by atoms with Gasteiger partial charge in [0.05, 0.1) is 38.6 Å². The number of aliphatic hydroxyl groups is 11. The number of nitrogens with one attached hydrogen (secondary N) is 1. The first-order valence-corrected chi connectivity index (χ1v) is 37.0. The Balaban J connectivity index is 1.41. The van der Waals surface area contributed by atoms with Gasteiger partial charge in [0.2, 0.25) is 5.91 Å². The number of hydrogen-bond acceptors (Lipinski definition) is 18. The number of carbonyl (C=O) groups is 1. The molecule has 0 aromatic heterocycles. The van der Waals surface area contributed by atoms with Crippen LogP contribution in [0.5, 0.6) is 0 Å². The molecule has 3 fully saturated rings. The number of allylic oxidation sites excluding steroid dienone is 9. The minimum atomic E-state index is -1.99. The average Bonchev–Trinajstić information content (AvgIpc) is 0.813. The molecule has 0 saturated carbocycles. The second-order valence-electron chi connectivity index (χ2n) is 26.4. The summed E-state index contributed by atoms with van der Waals surface area (Å²) in [6, 6.07) is -1.01. The second-order valence-corrected chi connectivity index (χ2v) is 26.4. The van der Waals surface area contributed by atoms with Gasteiger partial charge in [0, 0.05) is 6.42 Å². The number of hydrogen-bond donors (Lipinski definition) is 12. The minimum absolute atomic E-state index is 0.214. The molecule has 3 aliphatic rings. The molecule has 0 aromatic carbocycles. The van der Waals surface area contributed by atoms with E-state index in [1.807, 2.05) is 6.08 Å². The zero-order valence-electron chi connectivity index (χ0n) is 57.5. The molecule has 3 rings (SSSR count). The van der Waals surface area contributed by atoms with Gasteiger partial charge >= 0.3 is 0 Å². The summed E-state index contributed by atoms with van der Waals surface area (Å²) in [4.78, 5) is 13.4. The van der Waals surface area contributed by atoms with Crippen LogP contribution in [0.3, 0.4) is 0 Å². The molecule has 3 aliphatic heterocycles. The summed E-state index contributed by atoms with van der Waals surface area (Å²) in [5.41, 5.74) is 0. The molecular weight excluding hydrogens is 1190 g/mol. The molecule has 19 nitrogen and oxygen atoms in total. The predicted octanol–water partition coefficient (Wildman–Crippen LogP) is 10.7. The van der Waals surface area contributed by atoms with E-state index in [1.165, 1.54) is 167 Å². The van der Waals surface area contributed by atoms with E-state index in [0.717, 1.165) is 70.6 Å². The van der Waals surface area contributed by atoms with E-state index in [0.29, 0.717) is 12.8 Å². The fraction of sp³-hybridized carbons (Fsp3) is 0.851. The van der Waals surface area contributed by atoms with Crippen molar-refractivity contribution in [3.8, 4) is 0 Å². The molecule has 0 bridgehead atoms. The average molecular weight is 1320 g/mol. The van der Waals surface area contributed by atoms with Crippen LogP contribution in [0.25, 0.3) is 0 Å². The molecule has 542 valence electrons. The van der Waals surface area contributed by atoms with Crippen molar-refractivity contribution in [1.29, 1.82) is 0 Å². The molecule has 17 unspecified atom stereocenters. The van der Waals surface area contributed by atoms with Crippen molar-refractivity contribution in [2.45, 2.75) is 375 Å². The Morgan fingerprint density at radius 1 is 0.387 bits per heavy atom. The molecule has 3 heterocycles. The van der Waals surface area contributed by atoms with Gasteiger partial charge in [0.25, 0.3) is 0 Å². The van der Waals surface area contributed by atoms with Gasteiger partial charge in [-0.1, -0.05) is 248 Å². The van der Waals surface area contributed by atoms with Crippen LogP contribution in [0.2, 0.25) is 0 Å². The first-order valence-electron chi connectivity index (χ1n) is 37.0. The molecule has 17 atom stereocenters. The van der Waals surface area contributed by atoms with Gasteiger partial charge in [-0.15, -0.1) is 0 Å². The highest BCUT2D eigenvalue weighted by Crippen LogP contribution is 2.33. The number of rotatable bonds is 57. The summed E-state index contributed by atoms with van der Waals surface area (Å²) in [5, 5.41) is 121. The third-order valence-corrected chi connectivity index (χ3v) is 18.3. The van der Waals surface area contributed by atoms with Crippen LogP contribution >= 0.6 is 0 Å². The van der Waals surface area contributed by atoms with E-state index in [2.05, 4.69) is 67.8 Å². The Labute approximate surface area is 560 Å². The standard InChI is InChI=1S/C74H133NO18/c1-3-5-7-9-11-13-15-17-19-21-22-23-24-25-26-27-28-29-30-31-32-33-34-35-36-37-39-41-43-45-47-49-51-58(79)57(75-62(80)52-50-48-46-44-42-40-38-20-18-16-14-12-10-8-6-4-2)56-88-72-68(86)65(83)70(60(54-77)90-72)93-74-69(87)66(84)71(61(55-78)91-74)92-73-67(85)64(82)63(81)59(53-76)89-73/h14,16,20,35-36,38,41,43,49,51,57-61,63-74,76-79,81-87H,3-13,15,17-19,21-34,37,39-40,42,44-48,50,52-56H2,1-2H3,(H,75,80)/b16-14-,36-35+,38-20-,43-41+,51-49+. The maximum Gasteiger partial charge on any atom is 0.220 e. The Kier molecular flexibility index (Phi) is 50.4. The quantitative estimate of drug-likeness (QED) is 0.0199. The summed E-state index contributed by atoms with van der Waals surface area (Å²) in [5.74, 6) is -0.303. The zero-order chi connectivity index (χ0) is 67.5. The summed E-state index contributed by atoms with van der Waals surface area (Å²) in [7, 11) is 0. The van der Waals surface area contributed by atoms with Crippen molar-refractivity contribution >= 4 is 5.91 Å². The van der Waals surface area contributed by atoms with Gasteiger partial charge in [-0.25, -0.2) is 0 Å². The molecule has 0 aromatic rings. The van der Waals surface area contributed by atoms with E-state index in [4.69, 9.17) is 28.4 Å². The molecule has 0 spiro atoms. The molecule has 93 heavy (non-hydrogen) atoms. The number of amides is 1. The lowest BCUT2D eigenvalue weighted by atomic mass is 9.96. The minimum Gasteiger partial charge on any atom is -0.394 e. The maximum absolute atomic E-state index is 13.4. The van der Waals surface area contributed by atoms with Gasteiger partial charge in [0.15, 0.2) is 18.9 Å². The topological polar surface area (TPSA) is 307 Å². The summed E-state index contributed by atoms with van der Waals surface area (Å²) in [6.07, 6.45) is 42.2. The highest BCUT2D eigenvalue weighted by molar-refractivity contribution is 5.76. The Morgan fingerprint density at radius 3 is 1.15 bits per heavy atom. The van der Waals surface area contributed by atoms with Crippen molar-refractivity contribution in [2.24, 2.45) is 0 Å². The molecule has 0 radical (unpaired) electrons. The first kappa shape index (κ1) is 84.7. The van der Waals surface area contributed by atoms with Crippen molar-refractivity contribution < 1.29 is 89.4 Å². The highest BCUT2D eigenvalue weighted by Gasteiger charge is 2.53. The zero-order valence-corrected chi connectivity index (χ0v) is 57.5. The van der Waals surface area contributed by atoms with Gasteiger partial charge < -0.3 is 89.9 Å². The Morgan fingerprint density at radius 2 is 0.720 bits per heavy atom. The second kappa shape index (κ2) is 55.4. The van der Waals surface area contributed by atoms with Crippen LogP contribution in [0.15, 0.2) is 60.8 Å². The van der Waals surface area contributed by atoms with E-state index in [-0.39, 0.29) is 18.9 Å². The van der Waals surface area contributed by atoms with Gasteiger partial charge in [-0.2, -0.15) is 0 Å². The van der Waals surface area contributed by atoms with Crippen molar-refractivity contribution in [1.82, 2.24) is 5.32 Å². The molecule has 19 heteroatoms. The molecular formula is C74H133NO18. The van der Waals surface area contributed by atoms with Crippen molar-refractivity contribution in [3.05, 3.63) is 60.8 Å². The normalized spacial score (nSPS) is 27.9. The lowest BCUT2D eigenvalue weighted by Gasteiger charge is -2.48. The third-order valence-electron chi connectivity index (χ3n) is 18.3. The number of carbonyl (C=O) groups excluding carboxylic acids is 1. The summed E-state index contributed by atoms with van der Waals surface area (Å²) in [6.45, 7) is 1.69. The summed E-state index contributed by atoms with van der Waals surface area (Å²) >= 11 is 0. The van der Waals surface area contributed by atoms with Gasteiger partial charge in [0.1, 0.15) is 73.2 Å². The SMILES string of the molecule is CCCCCC/C=C\C/C=C\CCCCCCCC(=O)NC(COC1OC(CO)C(OC2OC(CO)C(OC3OC(CO)C(O)C(O)C3O)C(O)C2O)C(O)C1O)C(O)/C=C/CC/C=C/CC/C=C/CCCCCCCCCCCCCCCCCCCCCCCC. The molecule has 3 saturated heterocycles. The van der Waals surface area contributed by atoms with E-state index >= 15 is 0 Å². The molecule has 1 amide bonds. The monoisotopic (exact) mass is 1320 g/mol. The van der Waals surface area contributed by atoms with E-state index in [9.17, 15) is 61.0 Å². The van der Waals surface area contributed by atoms with Crippen LogP contribution in [0.1, 0.15) is 271 Å². The van der Waals surface area contributed by atoms with Crippen LogP contribution in [0, 0.1) is 0 Å². The third kappa shape index (κ3) is 36.8. The maximum atomic E-state index is 13.4. The molecule has 12 N–H and O–H groups in total. The fourth-order valence-electron chi connectivity index (χ4n) is 12.3. The largest absolute Gasteiger partial charge is 0.394 e. The van der Waals surface area contributed by atoms with Gasteiger partial charge in [-0.3, -0.25) is 4.79 Å². The van der Waals surface area contributed by atoms with Crippen molar-refractivity contribution in [2.75, 3.05) is 26.4 Å². The summed E-state index contributed by atoms with van der Waals surface area (Å²) < 4.78 is 34.3.